The van der Waals surface area contributed by atoms with E-state index < -0.39 is 10.8 Å². The molecular formula is C9H5ClN4O3S. The smallest absolute Gasteiger partial charge is 0.306 e. The second kappa shape index (κ2) is 5.07. The summed E-state index contributed by atoms with van der Waals surface area (Å²) in [6.45, 7) is 0. The highest BCUT2D eigenvalue weighted by Gasteiger charge is 2.15. The average Bonchev–Trinajstić information content (AvgIpc) is 2.78. The van der Waals surface area contributed by atoms with Crippen LogP contribution in [0.4, 0.5) is 10.8 Å². The van der Waals surface area contributed by atoms with Crippen LogP contribution in [0.2, 0.25) is 5.28 Å². The minimum Gasteiger partial charge on any atom is -0.306 e. The molecule has 2 aromatic heterocycles. The quantitative estimate of drug-likeness (QED) is 0.530. The number of amides is 1. The van der Waals surface area contributed by atoms with Gasteiger partial charge in [0.1, 0.15) is 5.82 Å². The average molecular weight is 285 g/mol. The molecule has 2 aromatic rings. The van der Waals surface area contributed by atoms with Gasteiger partial charge in [-0.25, -0.2) is 9.97 Å². The predicted molar refractivity (Wildman–Crippen MR) is 66.0 cm³/mol. The maximum atomic E-state index is 11.7. The van der Waals surface area contributed by atoms with Gasteiger partial charge in [0.15, 0.2) is 0 Å². The molecule has 0 saturated carbocycles. The molecule has 1 amide bonds. The number of halogens is 1. The SMILES string of the molecule is O=C(Nc1ccnc(Cl)n1)c1ccc([N+](=O)[O-])s1. The standard InChI is InChI=1S/C9H5ClN4O3S/c10-9-11-4-3-6(13-9)12-8(15)5-1-2-7(18-5)14(16)17/h1-4H,(H,11,12,13,15). The fraction of sp³-hybridized carbons (Fsp3) is 0. The Bertz CT molecular complexity index is 615. The zero-order valence-electron chi connectivity index (χ0n) is 8.66. The lowest BCUT2D eigenvalue weighted by atomic mass is 10.4. The maximum Gasteiger partial charge on any atom is 0.324 e. The van der Waals surface area contributed by atoms with Gasteiger partial charge in [0.25, 0.3) is 5.91 Å². The van der Waals surface area contributed by atoms with Crippen molar-refractivity contribution < 1.29 is 9.72 Å². The molecule has 0 atom stereocenters. The van der Waals surface area contributed by atoms with E-state index in [9.17, 15) is 14.9 Å². The number of nitro groups is 1. The molecule has 1 N–H and O–H groups in total. The molecule has 9 heteroatoms. The van der Waals surface area contributed by atoms with E-state index in [2.05, 4.69) is 15.3 Å². The number of carbonyl (C=O) groups excluding carboxylic acids is 1. The lowest BCUT2D eigenvalue weighted by Crippen LogP contribution is -2.11. The molecule has 0 saturated heterocycles. The van der Waals surface area contributed by atoms with Gasteiger partial charge < -0.3 is 5.32 Å². The summed E-state index contributed by atoms with van der Waals surface area (Å²) in [5, 5.41) is 12.9. The van der Waals surface area contributed by atoms with Crippen molar-refractivity contribution in [1.82, 2.24) is 9.97 Å². The molecule has 92 valence electrons. The number of hydrogen-bond acceptors (Lipinski definition) is 6. The Kier molecular flexibility index (Phi) is 3.49. The molecular weight excluding hydrogens is 280 g/mol. The second-order valence-corrected chi connectivity index (χ2v) is 4.46. The second-order valence-electron chi connectivity index (χ2n) is 3.06. The molecule has 18 heavy (non-hydrogen) atoms. The summed E-state index contributed by atoms with van der Waals surface area (Å²) < 4.78 is 0. The minimum absolute atomic E-state index is 0.00459. The molecule has 0 radical (unpaired) electrons. The van der Waals surface area contributed by atoms with Gasteiger partial charge in [-0.1, -0.05) is 11.3 Å². The van der Waals surface area contributed by atoms with Crippen LogP contribution in [-0.4, -0.2) is 20.8 Å². The predicted octanol–water partition coefficient (Wildman–Crippen LogP) is 2.35. The Morgan fingerprint density at radius 3 is 2.83 bits per heavy atom. The van der Waals surface area contributed by atoms with Crippen LogP contribution in [0.5, 0.6) is 0 Å². The van der Waals surface area contributed by atoms with E-state index >= 15 is 0 Å². The largest absolute Gasteiger partial charge is 0.324 e. The van der Waals surface area contributed by atoms with E-state index in [-0.39, 0.29) is 21.0 Å². The minimum atomic E-state index is -0.553. The van der Waals surface area contributed by atoms with Crippen molar-refractivity contribution in [3.63, 3.8) is 0 Å². The number of hydrogen-bond donors (Lipinski definition) is 1. The third kappa shape index (κ3) is 2.79. The van der Waals surface area contributed by atoms with E-state index in [1.165, 1.54) is 24.4 Å². The molecule has 0 unspecified atom stereocenters. The van der Waals surface area contributed by atoms with Gasteiger partial charge in [0.05, 0.1) is 9.80 Å². The molecule has 2 rings (SSSR count). The van der Waals surface area contributed by atoms with E-state index in [0.29, 0.717) is 0 Å². The number of rotatable bonds is 3. The van der Waals surface area contributed by atoms with Crippen LogP contribution in [-0.2, 0) is 0 Å². The van der Waals surface area contributed by atoms with Crippen LogP contribution in [0.15, 0.2) is 24.4 Å². The van der Waals surface area contributed by atoms with Crippen molar-refractivity contribution in [2.24, 2.45) is 0 Å². The van der Waals surface area contributed by atoms with Crippen LogP contribution in [0.3, 0.4) is 0 Å². The van der Waals surface area contributed by atoms with Gasteiger partial charge in [-0.15, -0.1) is 0 Å². The highest BCUT2D eigenvalue weighted by Crippen LogP contribution is 2.24. The number of nitrogens with zero attached hydrogens (tertiary/aromatic N) is 3. The summed E-state index contributed by atoms with van der Waals surface area (Å²) in [6.07, 6.45) is 1.39. The zero-order valence-corrected chi connectivity index (χ0v) is 10.2. The molecule has 0 fully saturated rings. The summed E-state index contributed by atoms with van der Waals surface area (Å²) in [6, 6.07) is 4.11. The van der Waals surface area contributed by atoms with Crippen molar-refractivity contribution in [1.29, 1.82) is 0 Å². The maximum absolute atomic E-state index is 11.7. The van der Waals surface area contributed by atoms with E-state index in [4.69, 9.17) is 11.6 Å². The first-order chi connectivity index (χ1) is 8.56. The molecule has 0 aromatic carbocycles. The molecule has 0 aliphatic rings. The van der Waals surface area contributed by atoms with Crippen LogP contribution < -0.4 is 5.32 Å². The van der Waals surface area contributed by atoms with Crippen molar-refractivity contribution in [3.05, 3.63) is 44.7 Å². The topological polar surface area (TPSA) is 98.0 Å². The first-order valence-electron chi connectivity index (χ1n) is 4.60. The first-order valence-corrected chi connectivity index (χ1v) is 5.80. The van der Waals surface area contributed by atoms with E-state index in [1.54, 1.807) is 0 Å². The molecule has 0 aliphatic heterocycles. The van der Waals surface area contributed by atoms with Crippen molar-refractivity contribution in [2.75, 3.05) is 5.32 Å². The Morgan fingerprint density at radius 2 is 2.22 bits per heavy atom. The number of aromatic nitrogens is 2. The van der Waals surface area contributed by atoms with Gasteiger partial charge in [0, 0.05) is 12.3 Å². The third-order valence-corrected chi connectivity index (χ3v) is 3.08. The molecule has 2 heterocycles. The fourth-order valence-electron chi connectivity index (χ4n) is 1.13. The highest BCUT2D eigenvalue weighted by molar-refractivity contribution is 7.17. The van der Waals surface area contributed by atoms with Gasteiger partial charge in [-0.3, -0.25) is 14.9 Å². The molecule has 0 spiro atoms. The van der Waals surface area contributed by atoms with Crippen molar-refractivity contribution >= 4 is 39.7 Å². The number of carbonyl (C=O) groups is 1. The van der Waals surface area contributed by atoms with Gasteiger partial charge in [-0.2, -0.15) is 0 Å². The fourth-order valence-corrected chi connectivity index (χ4v) is 1.99. The number of anilines is 1. The van der Waals surface area contributed by atoms with E-state index in [0.717, 1.165) is 11.3 Å². The Morgan fingerprint density at radius 1 is 1.44 bits per heavy atom. The summed E-state index contributed by atoms with van der Waals surface area (Å²) in [5.41, 5.74) is 0. The number of nitrogens with one attached hydrogen (secondary N) is 1. The molecule has 0 bridgehead atoms. The van der Waals surface area contributed by atoms with Gasteiger partial charge >= 0.3 is 5.00 Å². The van der Waals surface area contributed by atoms with Crippen LogP contribution in [0.25, 0.3) is 0 Å². The molecule has 7 nitrogen and oxygen atoms in total. The summed E-state index contributed by atoms with van der Waals surface area (Å²) in [5.74, 6) is -0.251. The van der Waals surface area contributed by atoms with E-state index in [1.807, 2.05) is 0 Å². The summed E-state index contributed by atoms with van der Waals surface area (Å²) in [7, 11) is 0. The summed E-state index contributed by atoms with van der Waals surface area (Å²) >= 11 is 6.34. The Balaban J connectivity index is 2.14. The van der Waals surface area contributed by atoms with Crippen LogP contribution in [0, 0.1) is 10.1 Å². The molecule has 0 aliphatic carbocycles. The Labute approximate surface area is 110 Å². The lowest BCUT2D eigenvalue weighted by Gasteiger charge is -2.01. The highest BCUT2D eigenvalue weighted by atomic mass is 35.5. The Hall–Kier alpha value is -2.06. The van der Waals surface area contributed by atoms with Crippen molar-refractivity contribution in [3.8, 4) is 0 Å². The van der Waals surface area contributed by atoms with Crippen molar-refractivity contribution in [2.45, 2.75) is 0 Å². The normalized spacial score (nSPS) is 10.1. The third-order valence-electron chi connectivity index (χ3n) is 1.86. The first kappa shape index (κ1) is 12.4. The summed E-state index contributed by atoms with van der Waals surface area (Å²) in [4.78, 5) is 29.3. The zero-order chi connectivity index (χ0) is 13.1. The van der Waals surface area contributed by atoms with Gasteiger partial charge in [-0.05, 0) is 23.7 Å². The number of thiophene rings is 1. The lowest BCUT2D eigenvalue weighted by molar-refractivity contribution is -0.380. The van der Waals surface area contributed by atoms with Gasteiger partial charge in [0.2, 0.25) is 5.28 Å². The monoisotopic (exact) mass is 284 g/mol. The van der Waals surface area contributed by atoms with Crippen LogP contribution >= 0.6 is 22.9 Å². The van der Waals surface area contributed by atoms with Crippen LogP contribution in [0.1, 0.15) is 9.67 Å².